The van der Waals surface area contributed by atoms with Crippen LogP contribution in [0.3, 0.4) is 0 Å². The molecule has 0 aromatic carbocycles. The number of carbonyl (C=O) groups excluding carboxylic acids is 1. The van der Waals surface area contributed by atoms with E-state index in [2.05, 4.69) is 19.9 Å². The summed E-state index contributed by atoms with van der Waals surface area (Å²) in [4.78, 5) is 11.9. The summed E-state index contributed by atoms with van der Waals surface area (Å²) in [6.07, 6.45) is 11.8. The largest absolute Gasteiger partial charge is 0.462 e. The second-order valence-electron chi connectivity index (χ2n) is 9.61. The van der Waals surface area contributed by atoms with Crippen molar-refractivity contribution in [2.75, 3.05) is 0 Å². The first-order valence-electron chi connectivity index (χ1n) is 10.5. The average molecular weight is 347 g/mol. The molecule has 3 saturated carbocycles. The second-order valence-corrected chi connectivity index (χ2v) is 9.61. The molecule has 0 spiro atoms. The third kappa shape index (κ3) is 2.60. The van der Waals surface area contributed by atoms with Crippen molar-refractivity contribution in [1.29, 1.82) is 0 Å². The number of allylic oxidation sites excluding steroid dienone is 1. The number of aliphatic hydroxyl groups is 1. The lowest BCUT2D eigenvalue weighted by atomic mass is 9.48. The minimum Gasteiger partial charge on any atom is -0.462 e. The number of rotatable bonds is 2. The quantitative estimate of drug-likeness (QED) is 0.585. The molecule has 7 atom stereocenters. The monoisotopic (exact) mass is 346 g/mol. The van der Waals surface area contributed by atoms with Gasteiger partial charge in [-0.1, -0.05) is 32.4 Å². The maximum atomic E-state index is 11.9. The summed E-state index contributed by atoms with van der Waals surface area (Å²) < 4.78 is 5.87. The van der Waals surface area contributed by atoms with Crippen LogP contribution in [-0.4, -0.2) is 23.3 Å². The first-order valence-corrected chi connectivity index (χ1v) is 10.5. The highest BCUT2D eigenvalue weighted by atomic mass is 16.5. The first kappa shape index (κ1) is 17.6. The van der Waals surface area contributed by atoms with Gasteiger partial charge >= 0.3 is 5.97 Å². The Balaban J connectivity index is 1.59. The molecule has 0 saturated heterocycles. The Morgan fingerprint density at radius 2 is 2.00 bits per heavy atom. The van der Waals surface area contributed by atoms with Crippen LogP contribution in [0.2, 0.25) is 0 Å². The molecule has 0 heterocycles. The molecule has 0 aromatic rings. The van der Waals surface area contributed by atoms with Gasteiger partial charge in [-0.25, -0.2) is 0 Å². The molecule has 3 heteroatoms. The van der Waals surface area contributed by atoms with E-state index < -0.39 is 0 Å². The smallest absolute Gasteiger partial charge is 0.305 e. The fourth-order valence-corrected chi connectivity index (χ4v) is 7.03. The summed E-state index contributed by atoms with van der Waals surface area (Å²) in [6, 6.07) is 0. The maximum absolute atomic E-state index is 11.9. The number of carbonyl (C=O) groups is 1. The molecule has 4 aliphatic rings. The van der Waals surface area contributed by atoms with Crippen molar-refractivity contribution >= 4 is 5.97 Å². The van der Waals surface area contributed by atoms with E-state index in [-0.39, 0.29) is 23.6 Å². The Hall–Kier alpha value is -0.830. The zero-order valence-corrected chi connectivity index (χ0v) is 16.1. The molecule has 3 nitrogen and oxygen atoms in total. The van der Waals surface area contributed by atoms with E-state index in [1.165, 1.54) is 24.8 Å². The molecule has 25 heavy (non-hydrogen) atoms. The summed E-state index contributed by atoms with van der Waals surface area (Å²) >= 11 is 0. The topological polar surface area (TPSA) is 46.5 Å². The zero-order valence-electron chi connectivity index (χ0n) is 16.1. The minimum absolute atomic E-state index is 0.0342. The summed E-state index contributed by atoms with van der Waals surface area (Å²) in [6.45, 7) is 6.74. The molecule has 0 radical (unpaired) electrons. The minimum atomic E-state index is -0.131. The standard InChI is InChI=1S/C22H34O3/c1-4-20(24)25-19-8-7-17-16-6-5-14-13-15(23)9-11-21(14,2)18(16)10-12-22(17,19)3/h5,15-19,23H,4,6-13H2,1-3H3/t15-,16+,17+,18+,19-,21+,22+/m1/s1. The fourth-order valence-electron chi connectivity index (χ4n) is 7.03. The van der Waals surface area contributed by atoms with Crippen molar-refractivity contribution < 1.29 is 14.6 Å². The molecule has 140 valence electrons. The van der Waals surface area contributed by atoms with Crippen molar-refractivity contribution in [2.45, 2.75) is 90.8 Å². The third-order valence-corrected chi connectivity index (χ3v) is 8.55. The van der Waals surface area contributed by atoms with Gasteiger partial charge in [-0.05, 0) is 74.5 Å². The number of esters is 1. The fraction of sp³-hybridized carbons (Fsp3) is 0.864. The van der Waals surface area contributed by atoms with Crippen LogP contribution in [0.4, 0.5) is 0 Å². The van der Waals surface area contributed by atoms with E-state index >= 15 is 0 Å². The molecule has 0 unspecified atom stereocenters. The van der Waals surface area contributed by atoms with Crippen LogP contribution in [0.5, 0.6) is 0 Å². The van der Waals surface area contributed by atoms with Crippen LogP contribution in [0, 0.1) is 28.6 Å². The molecule has 0 amide bonds. The van der Waals surface area contributed by atoms with Crippen LogP contribution < -0.4 is 0 Å². The summed E-state index contributed by atoms with van der Waals surface area (Å²) in [5.41, 5.74) is 1.99. The van der Waals surface area contributed by atoms with E-state index in [1.807, 2.05) is 6.92 Å². The van der Waals surface area contributed by atoms with Gasteiger partial charge in [0.1, 0.15) is 6.10 Å². The Labute approximate surface area is 152 Å². The van der Waals surface area contributed by atoms with Crippen molar-refractivity contribution in [3.63, 3.8) is 0 Å². The van der Waals surface area contributed by atoms with Crippen LogP contribution in [0.15, 0.2) is 11.6 Å². The molecule has 0 bridgehead atoms. The van der Waals surface area contributed by atoms with Gasteiger partial charge in [-0.3, -0.25) is 4.79 Å². The lowest BCUT2D eigenvalue weighted by molar-refractivity contribution is -0.159. The van der Waals surface area contributed by atoms with Gasteiger partial charge < -0.3 is 9.84 Å². The van der Waals surface area contributed by atoms with Crippen molar-refractivity contribution in [1.82, 2.24) is 0 Å². The van der Waals surface area contributed by atoms with E-state index in [0.29, 0.717) is 17.8 Å². The van der Waals surface area contributed by atoms with Crippen LogP contribution in [0.25, 0.3) is 0 Å². The van der Waals surface area contributed by atoms with Crippen molar-refractivity contribution in [3.05, 3.63) is 11.6 Å². The van der Waals surface area contributed by atoms with E-state index in [4.69, 9.17) is 4.74 Å². The Bertz CT molecular complexity index is 582. The molecular weight excluding hydrogens is 312 g/mol. The van der Waals surface area contributed by atoms with Crippen molar-refractivity contribution in [2.24, 2.45) is 28.6 Å². The molecular formula is C22H34O3. The molecule has 4 aliphatic carbocycles. The molecule has 4 rings (SSSR count). The highest BCUT2D eigenvalue weighted by molar-refractivity contribution is 5.69. The Kier molecular flexibility index (Phi) is 4.30. The molecule has 3 fully saturated rings. The predicted octanol–water partition coefficient (Wildman–Crippen LogP) is 4.63. The van der Waals surface area contributed by atoms with Crippen LogP contribution >= 0.6 is 0 Å². The maximum Gasteiger partial charge on any atom is 0.305 e. The first-order chi connectivity index (χ1) is 11.9. The van der Waals surface area contributed by atoms with Gasteiger partial charge in [0.2, 0.25) is 0 Å². The van der Waals surface area contributed by atoms with Crippen molar-refractivity contribution in [3.8, 4) is 0 Å². The Morgan fingerprint density at radius 1 is 1.20 bits per heavy atom. The number of aliphatic hydroxyl groups excluding tert-OH is 1. The predicted molar refractivity (Wildman–Crippen MR) is 97.9 cm³/mol. The lowest BCUT2D eigenvalue weighted by Crippen LogP contribution is -2.51. The summed E-state index contributed by atoms with van der Waals surface area (Å²) in [5.74, 6) is 2.13. The van der Waals surface area contributed by atoms with Gasteiger partial charge in [0, 0.05) is 11.8 Å². The lowest BCUT2D eigenvalue weighted by Gasteiger charge is -2.57. The van der Waals surface area contributed by atoms with E-state index in [1.54, 1.807) is 0 Å². The molecule has 1 N–H and O–H groups in total. The van der Waals surface area contributed by atoms with Gasteiger partial charge in [0.05, 0.1) is 6.10 Å². The number of hydrogen-bond donors (Lipinski definition) is 1. The summed E-state index contributed by atoms with van der Waals surface area (Å²) in [5, 5.41) is 10.1. The van der Waals surface area contributed by atoms with E-state index in [9.17, 15) is 9.90 Å². The number of fused-ring (bicyclic) bond motifs is 5. The SMILES string of the molecule is CCC(=O)O[C@@H]1CC[C@H]2[C@@H]3CC=C4C[C@H](O)CC[C@]4(C)[C@H]3CC[C@]12C. The van der Waals surface area contributed by atoms with Crippen LogP contribution in [0.1, 0.15) is 78.6 Å². The Morgan fingerprint density at radius 3 is 2.76 bits per heavy atom. The highest BCUT2D eigenvalue weighted by Crippen LogP contribution is 2.65. The highest BCUT2D eigenvalue weighted by Gasteiger charge is 2.59. The van der Waals surface area contributed by atoms with E-state index in [0.717, 1.165) is 43.9 Å². The summed E-state index contributed by atoms with van der Waals surface area (Å²) in [7, 11) is 0. The molecule has 0 aromatic heterocycles. The van der Waals surface area contributed by atoms with Gasteiger partial charge in [0.25, 0.3) is 0 Å². The normalized spacial score (nSPS) is 48.8. The molecule has 0 aliphatic heterocycles. The second kappa shape index (κ2) is 6.11. The van der Waals surface area contributed by atoms with Crippen LogP contribution in [-0.2, 0) is 9.53 Å². The zero-order chi connectivity index (χ0) is 17.8. The van der Waals surface area contributed by atoms with Gasteiger partial charge in [0.15, 0.2) is 0 Å². The number of hydrogen-bond acceptors (Lipinski definition) is 3. The third-order valence-electron chi connectivity index (χ3n) is 8.55. The van der Waals surface area contributed by atoms with Gasteiger partial charge in [-0.15, -0.1) is 0 Å². The van der Waals surface area contributed by atoms with Gasteiger partial charge in [-0.2, -0.15) is 0 Å². The average Bonchev–Trinajstić information content (AvgIpc) is 2.92. The number of ether oxygens (including phenoxy) is 1.